The van der Waals surface area contributed by atoms with Gasteiger partial charge in [0.1, 0.15) is 19.0 Å². The molecule has 0 spiro atoms. The Morgan fingerprint density at radius 3 is 2.71 bits per heavy atom. The van der Waals surface area contributed by atoms with Crippen LogP contribution in [0, 0.1) is 6.92 Å². The van der Waals surface area contributed by atoms with E-state index in [0.29, 0.717) is 35.9 Å². The highest BCUT2D eigenvalue weighted by Gasteiger charge is 2.18. The van der Waals surface area contributed by atoms with Crippen LogP contribution in [0.2, 0.25) is 0 Å². The highest BCUT2D eigenvalue weighted by atomic mass is 32.2. The molecule has 24 heavy (non-hydrogen) atoms. The van der Waals surface area contributed by atoms with Gasteiger partial charge in [0.05, 0.1) is 21.6 Å². The molecule has 2 N–H and O–H groups in total. The summed E-state index contributed by atoms with van der Waals surface area (Å²) in [5, 5.41) is 0. The number of fused-ring (bicyclic) bond motifs is 2. The lowest BCUT2D eigenvalue weighted by molar-refractivity contribution is 0.171. The summed E-state index contributed by atoms with van der Waals surface area (Å²) < 4.78 is 38.7. The van der Waals surface area contributed by atoms with Crippen LogP contribution in [-0.4, -0.2) is 31.6 Å². The molecular weight excluding hydrogens is 330 g/mol. The third-order valence-electron chi connectivity index (χ3n) is 3.68. The number of hydrogen-bond acceptors (Lipinski definition) is 5. The number of aromatic nitrogens is 2. The van der Waals surface area contributed by atoms with Crippen molar-refractivity contribution >= 4 is 26.7 Å². The summed E-state index contributed by atoms with van der Waals surface area (Å²) in [5.74, 6) is 1.87. The summed E-state index contributed by atoms with van der Waals surface area (Å²) in [6.07, 6.45) is 0. The number of H-pyrrole nitrogens is 1. The molecule has 1 aromatic heterocycles. The zero-order chi connectivity index (χ0) is 16.7. The Morgan fingerprint density at radius 1 is 1.08 bits per heavy atom. The van der Waals surface area contributed by atoms with E-state index in [2.05, 4.69) is 14.7 Å². The van der Waals surface area contributed by atoms with Gasteiger partial charge in [-0.15, -0.1) is 0 Å². The Kier molecular flexibility index (Phi) is 3.34. The van der Waals surface area contributed by atoms with E-state index in [0.717, 1.165) is 11.3 Å². The Labute approximate surface area is 138 Å². The fourth-order valence-corrected chi connectivity index (χ4v) is 3.68. The first kappa shape index (κ1) is 14.8. The van der Waals surface area contributed by atoms with Gasteiger partial charge in [-0.25, -0.2) is 13.4 Å². The molecule has 0 aliphatic carbocycles. The van der Waals surface area contributed by atoms with Crippen molar-refractivity contribution in [2.75, 3.05) is 17.9 Å². The number of anilines is 1. The summed E-state index contributed by atoms with van der Waals surface area (Å²) in [5.41, 5.74) is 1.82. The molecule has 8 heteroatoms. The summed E-state index contributed by atoms with van der Waals surface area (Å²) in [6, 6.07) is 9.72. The quantitative estimate of drug-likeness (QED) is 0.760. The van der Waals surface area contributed by atoms with Crippen molar-refractivity contribution < 1.29 is 17.9 Å². The molecule has 1 aliphatic rings. The third kappa shape index (κ3) is 2.65. The molecule has 1 aliphatic heterocycles. The molecule has 4 rings (SSSR count). The lowest BCUT2D eigenvalue weighted by Gasteiger charge is -2.19. The van der Waals surface area contributed by atoms with E-state index in [4.69, 9.17) is 9.47 Å². The summed E-state index contributed by atoms with van der Waals surface area (Å²) in [4.78, 5) is 7.46. The van der Waals surface area contributed by atoms with Gasteiger partial charge in [0.15, 0.2) is 11.5 Å². The topological polar surface area (TPSA) is 93.3 Å². The predicted molar refractivity (Wildman–Crippen MR) is 89.1 cm³/mol. The summed E-state index contributed by atoms with van der Waals surface area (Å²) >= 11 is 0. The Morgan fingerprint density at radius 2 is 1.88 bits per heavy atom. The molecule has 7 nitrogen and oxygen atoms in total. The minimum atomic E-state index is -3.72. The van der Waals surface area contributed by atoms with E-state index >= 15 is 0 Å². The first-order valence-electron chi connectivity index (χ1n) is 7.40. The van der Waals surface area contributed by atoms with Crippen molar-refractivity contribution in [3.63, 3.8) is 0 Å². The van der Waals surface area contributed by atoms with Crippen molar-refractivity contribution in [3.05, 3.63) is 42.2 Å². The van der Waals surface area contributed by atoms with E-state index in [-0.39, 0.29) is 4.90 Å². The first-order valence-corrected chi connectivity index (χ1v) is 8.88. The lowest BCUT2D eigenvalue weighted by Crippen LogP contribution is -2.16. The average Bonchev–Trinajstić information content (AvgIpc) is 2.93. The van der Waals surface area contributed by atoms with Crippen molar-refractivity contribution in [1.29, 1.82) is 0 Å². The predicted octanol–water partition coefficient (Wildman–Crippen LogP) is 2.44. The van der Waals surface area contributed by atoms with Crippen LogP contribution in [0.5, 0.6) is 11.5 Å². The van der Waals surface area contributed by atoms with Gasteiger partial charge in [0.25, 0.3) is 10.0 Å². The second-order valence-electron chi connectivity index (χ2n) is 5.47. The molecule has 0 saturated carbocycles. The Bertz CT molecular complexity index is 1030. The molecule has 0 fully saturated rings. The van der Waals surface area contributed by atoms with Gasteiger partial charge in [0.2, 0.25) is 0 Å². The van der Waals surface area contributed by atoms with Crippen molar-refractivity contribution in [2.45, 2.75) is 11.8 Å². The Balaban J connectivity index is 1.66. The molecular formula is C16H15N3O4S. The number of hydrogen-bond donors (Lipinski definition) is 2. The number of nitrogens with one attached hydrogen (secondary N) is 2. The van der Waals surface area contributed by atoms with E-state index < -0.39 is 10.0 Å². The fraction of sp³-hybridized carbons (Fsp3) is 0.188. The van der Waals surface area contributed by atoms with Gasteiger partial charge in [-0.3, -0.25) is 4.72 Å². The number of sulfonamides is 1. The molecule has 2 heterocycles. The van der Waals surface area contributed by atoms with E-state index in [1.54, 1.807) is 30.3 Å². The number of nitrogens with zero attached hydrogens (tertiary/aromatic N) is 1. The van der Waals surface area contributed by atoms with Crippen LogP contribution in [0.1, 0.15) is 5.82 Å². The second kappa shape index (κ2) is 5.41. The van der Waals surface area contributed by atoms with Crippen molar-refractivity contribution in [3.8, 4) is 11.5 Å². The zero-order valence-corrected chi connectivity index (χ0v) is 13.7. The molecule has 2 aromatic carbocycles. The normalized spacial score (nSPS) is 13.9. The van der Waals surface area contributed by atoms with Gasteiger partial charge in [-0.05, 0) is 37.3 Å². The molecule has 0 atom stereocenters. The van der Waals surface area contributed by atoms with Gasteiger partial charge in [-0.1, -0.05) is 0 Å². The monoisotopic (exact) mass is 345 g/mol. The van der Waals surface area contributed by atoms with E-state index in [1.165, 1.54) is 6.07 Å². The minimum absolute atomic E-state index is 0.161. The average molecular weight is 345 g/mol. The number of rotatable bonds is 3. The minimum Gasteiger partial charge on any atom is -0.486 e. The van der Waals surface area contributed by atoms with Crippen LogP contribution in [-0.2, 0) is 10.0 Å². The van der Waals surface area contributed by atoms with Gasteiger partial charge in [-0.2, -0.15) is 0 Å². The summed E-state index contributed by atoms with van der Waals surface area (Å²) in [7, 11) is -3.72. The van der Waals surface area contributed by atoms with Gasteiger partial charge >= 0.3 is 0 Å². The standard InChI is InChI=1S/C16H15N3O4S/c1-10-17-13-4-3-12(9-14(13)18-10)24(20,21)19-11-2-5-15-16(8-11)23-7-6-22-15/h2-5,8-9,19H,6-7H2,1H3,(H,17,18). The van der Waals surface area contributed by atoms with Crippen LogP contribution >= 0.6 is 0 Å². The molecule has 0 radical (unpaired) electrons. The highest BCUT2D eigenvalue weighted by Crippen LogP contribution is 2.33. The maximum atomic E-state index is 12.6. The Hall–Kier alpha value is -2.74. The van der Waals surface area contributed by atoms with Gasteiger partial charge < -0.3 is 14.5 Å². The summed E-state index contributed by atoms with van der Waals surface area (Å²) in [6.45, 7) is 2.75. The van der Waals surface area contributed by atoms with Crippen LogP contribution < -0.4 is 14.2 Å². The van der Waals surface area contributed by atoms with Crippen LogP contribution in [0.15, 0.2) is 41.3 Å². The van der Waals surface area contributed by atoms with Crippen LogP contribution in [0.3, 0.4) is 0 Å². The van der Waals surface area contributed by atoms with Crippen LogP contribution in [0.4, 0.5) is 5.69 Å². The number of imidazole rings is 1. The number of aromatic amines is 1. The van der Waals surface area contributed by atoms with Crippen molar-refractivity contribution in [1.82, 2.24) is 9.97 Å². The van der Waals surface area contributed by atoms with Crippen molar-refractivity contribution in [2.24, 2.45) is 0 Å². The SMILES string of the molecule is Cc1nc2ccc(S(=O)(=O)Nc3ccc4c(c3)OCCO4)cc2[nH]1. The second-order valence-corrected chi connectivity index (χ2v) is 7.15. The molecule has 0 amide bonds. The fourth-order valence-electron chi connectivity index (χ4n) is 2.60. The molecule has 124 valence electrons. The first-order chi connectivity index (χ1) is 11.5. The largest absolute Gasteiger partial charge is 0.486 e. The number of ether oxygens (including phenoxy) is 2. The van der Waals surface area contributed by atoms with Gasteiger partial charge in [0, 0.05) is 6.07 Å². The third-order valence-corrected chi connectivity index (χ3v) is 5.06. The maximum Gasteiger partial charge on any atom is 0.261 e. The maximum absolute atomic E-state index is 12.6. The highest BCUT2D eigenvalue weighted by molar-refractivity contribution is 7.92. The zero-order valence-electron chi connectivity index (χ0n) is 12.9. The molecule has 0 unspecified atom stereocenters. The lowest BCUT2D eigenvalue weighted by atomic mass is 10.3. The molecule has 0 bridgehead atoms. The molecule has 0 saturated heterocycles. The van der Waals surface area contributed by atoms with E-state index in [9.17, 15) is 8.42 Å². The molecule has 3 aromatic rings. The van der Waals surface area contributed by atoms with Crippen LogP contribution in [0.25, 0.3) is 11.0 Å². The number of aryl methyl sites for hydroxylation is 1. The smallest absolute Gasteiger partial charge is 0.261 e. The number of benzene rings is 2. The van der Waals surface area contributed by atoms with E-state index in [1.807, 2.05) is 6.92 Å².